The average Bonchev–Trinajstić information content (AvgIpc) is 2.75. The fraction of sp³-hybridized carbons (Fsp3) is 0.333. The first-order valence-corrected chi connectivity index (χ1v) is 11.1. The molecule has 0 aromatic heterocycles. The molecule has 1 fully saturated rings. The van der Waals surface area contributed by atoms with E-state index in [0.717, 1.165) is 5.56 Å². The number of ether oxygens (including phenoxy) is 1. The molecule has 30 heavy (non-hydrogen) atoms. The molecule has 1 heterocycles. The van der Waals surface area contributed by atoms with Crippen molar-refractivity contribution in [2.24, 2.45) is 11.7 Å². The Morgan fingerprint density at radius 3 is 2.40 bits per heavy atom. The third-order valence-corrected chi connectivity index (χ3v) is 6.93. The van der Waals surface area contributed by atoms with Gasteiger partial charge in [-0.3, -0.25) is 9.59 Å². The molecule has 2 amide bonds. The van der Waals surface area contributed by atoms with Crippen molar-refractivity contribution in [3.63, 3.8) is 0 Å². The lowest BCUT2D eigenvalue weighted by Gasteiger charge is -2.31. The molecule has 1 aliphatic rings. The van der Waals surface area contributed by atoms with Gasteiger partial charge < -0.3 is 15.8 Å². The number of carbonyl (C=O) groups is 2. The second kappa shape index (κ2) is 9.27. The Balaban J connectivity index is 1.66. The minimum Gasteiger partial charge on any atom is -0.497 e. The SMILES string of the molecule is COc1ccc(S(=O)(=O)N2CCC[C@H](C(=O)Nc3ccc(CC(N)=O)cc3)C2)cc1. The number of benzene rings is 2. The molecule has 0 unspecified atom stereocenters. The predicted molar refractivity (Wildman–Crippen MR) is 112 cm³/mol. The van der Waals surface area contributed by atoms with Crippen molar-refractivity contribution in [2.75, 3.05) is 25.5 Å². The number of amides is 2. The Kier molecular flexibility index (Phi) is 6.73. The summed E-state index contributed by atoms with van der Waals surface area (Å²) >= 11 is 0. The number of rotatable bonds is 7. The van der Waals surface area contributed by atoms with Gasteiger partial charge in [0.1, 0.15) is 5.75 Å². The highest BCUT2D eigenvalue weighted by Crippen LogP contribution is 2.26. The fourth-order valence-electron chi connectivity index (χ4n) is 3.42. The molecular formula is C21H25N3O5S. The average molecular weight is 432 g/mol. The van der Waals surface area contributed by atoms with Crippen LogP contribution in [0.4, 0.5) is 5.69 Å². The van der Waals surface area contributed by atoms with Gasteiger partial charge in [-0.15, -0.1) is 0 Å². The summed E-state index contributed by atoms with van der Waals surface area (Å²) in [5, 5.41) is 2.83. The molecule has 0 radical (unpaired) electrons. The maximum absolute atomic E-state index is 13.0. The number of primary amides is 1. The number of nitrogens with one attached hydrogen (secondary N) is 1. The summed E-state index contributed by atoms with van der Waals surface area (Å²) in [5.41, 5.74) is 6.52. The number of nitrogens with two attached hydrogens (primary N) is 1. The van der Waals surface area contributed by atoms with Gasteiger partial charge in [-0.2, -0.15) is 4.31 Å². The lowest BCUT2D eigenvalue weighted by atomic mass is 9.98. The van der Waals surface area contributed by atoms with Gasteiger partial charge >= 0.3 is 0 Å². The molecule has 9 heteroatoms. The molecule has 1 atom stereocenters. The van der Waals surface area contributed by atoms with Gasteiger partial charge in [0.15, 0.2) is 0 Å². The summed E-state index contributed by atoms with van der Waals surface area (Å²) in [7, 11) is -2.17. The van der Waals surface area contributed by atoms with Crippen LogP contribution >= 0.6 is 0 Å². The zero-order chi connectivity index (χ0) is 21.7. The van der Waals surface area contributed by atoms with Crippen LogP contribution in [0.5, 0.6) is 5.75 Å². The molecule has 2 aromatic rings. The van der Waals surface area contributed by atoms with E-state index < -0.39 is 21.8 Å². The summed E-state index contributed by atoms with van der Waals surface area (Å²) in [5.74, 6) is -0.525. The van der Waals surface area contributed by atoms with E-state index in [1.165, 1.54) is 23.5 Å². The summed E-state index contributed by atoms with van der Waals surface area (Å²) in [6, 6.07) is 13.1. The second-order valence-corrected chi connectivity index (χ2v) is 9.14. The number of anilines is 1. The smallest absolute Gasteiger partial charge is 0.243 e. The maximum Gasteiger partial charge on any atom is 0.243 e. The van der Waals surface area contributed by atoms with Crippen molar-refractivity contribution < 1.29 is 22.7 Å². The van der Waals surface area contributed by atoms with Crippen molar-refractivity contribution in [3.8, 4) is 5.75 Å². The highest BCUT2D eigenvalue weighted by Gasteiger charge is 2.33. The Hall–Kier alpha value is -2.91. The lowest BCUT2D eigenvalue weighted by molar-refractivity contribution is -0.121. The maximum atomic E-state index is 13.0. The van der Waals surface area contributed by atoms with E-state index in [9.17, 15) is 18.0 Å². The quantitative estimate of drug-likeness (QED) is 0.692. The molecule has 8 nitrogen and oxygen atoms in total. The van der Waals surface area contributed by atoms with E-state index in [0.29, 0.717) is 30.8 Å². The van der Waals surface area contributed by atoms with E-state index in [1.54, 1.807) is 36.4 Å². The molecule has 0 spiro atoms. The number of carbonyl (C=O) groups excluding carboxylic acids is 2. The minimum absolute atomic E-state index is 0.125. The van der Waals surface area contributed by atoms with Crippen LogP contribution in [0.3, 0.4) is 0 Å². The van der Waals surface area contributed by atoms with Crippen molar-refractivity contribution in [2.45, 2.75) is 24.2 Å². The van der Waals surface area contributed by atoms with Crippen LogP contribution in [0.2, 0.25) is 0 Å². The second-order valence-electron chi connectivity index (χ2n) is 7.21. The highest BCUT2D eigenvalue weighted by atomic mass is 32.2. The largest absolute Gasteiger partial charge is 0.497 e. The molecule has 3 rings (SSSR count). The van der Waals surface area contributed by atoms with Crippen molar-refractivity contribution >= 4 is 27.5 Å². The summed E-state index contributed by atoms with van der Waals surface area (Å²) < 4.78 is 32.3. The van der Waals surface area contributed by atoms with Crippen LogP contribution in [-0.4, -0.2) is 44.7 Å². The first-order valence-electron chi connectivity index (χ1n) is 9.62. The third kappa shape index (κ3) is 5.17. The zero-order valence-electron chi connectivity index (χ0n) is 16.7. The van der Waals surface area contributed by atoms with Gasteiger partial charge in [-0.1, -0.05) is 12.1 Å². The van der Waals surface area contributed by atoms with E-state index in [1.807, 2.05) is 0 Å². The molecule has 160 valence electrons. The van der Waals surface area contributed by atoms with E-state index in [-0.39, 0.29) is 23.8 Å². The van der Waals surface area contributed by atoms with Gasteiger partial charge in [0.05, 0.1) is 24.3 Å². The van der Waals surface area contributed by atoms with Gasteiger partial charge in [0.25, 0.3) is 0 Å². The van der Waals surface area contributed by atoms with E-state index >= 15 is 0 Å². The van der Waals surface area contributed by atoms with Gasteiger partial charge in [-0.25, -0.2) is 8.42 Å². The van der Waals surface area contributed by atoms with Crippen LogP contribution in [0, 0.1) is 5.92 Å². The molecule has 1 aliphatic heterocycles. The molecule has 3 N–H and O–H groups in total. The molecule has 1 saturated heterocycles. The van der Waals surface area contributed by atoms with Crippen LogP contribution in [0.1, 0.15) is 18.4 Å². The number of nitrogens with zero attached hydrogens (tertiary/aromatic N) is 1. The Morgan fingerprint density at radius 1 is 1.13 bits per heavy atom. The third-order valence-electron chi connectivity index (χ3n) is 5.05. The number of hydrogen-bond acceptors (Lipinski definition) is 5. The summed E-state index contributed by atoms with van der Waals surface area (Å²) in [6.07, 6.45) is 1.35. The van der Waals surface area contributed by atoms with Gasteiger partial charge in [0.2, 0.25) is 21.8 Å². The topological polar surface area (TPSA) is 119 Å². The lowest BCUT2D eigenvalue weighted by Crippen LogP contribution is -2.43. The molecule has 2 aromatic carbocycles. The van der Waals surface area contributed by atoms with Crippen LogP contribution in [-0.2, 0) is 26.0 Å². The zero-order valence-corrected chi connectivity index (χ0v) is 17.5. The fourth-order valence-corrected chi connectivity index (χ4v) is 4.95. The van der Waals surface area contributed by atoms with Crippen molar-refractivity contribution in [3.05, 3.63) is 54.1 Å². The number of hydrogen-bond donors (Lipinski definition) is 2. The number of sulfonamides is 1. The normalized spacial score (nSPS) is 17.3. The molecule has 0 aliphatic carbocycles. The van der Waals surface area contributed by atoms with E-state index in [2.05, 4.69) is 5.32 Å². The summed E-state index contributed by atoms with van der Waals surface area (Å²) in [4.78, 5) is 23.9. The standard InChI is InChI=1S/C21H25N3O5S/c1-29-18-8-10-19(11-9-18)30(27,28)24-12-2-3-16(14-24)21(26)23-17-6-4-15(5-7-17)13-20(22)25/h4-11,16H,2-3,12-14H2,1H3,(H2,22,25)(H,23,26)/t16-/m0/s1. The monoisotopic (exact) mass is 431 g/mol. The molecule has 0 saturated carbocycles. The minimum atomic E-state index is -3.69. The Labute approximate surface area is 176 Å². The van der Waals surface area contributed by atoms with Crippen molar-refractivity contribution in [1.82, 2.24) is 4.31 Å². The van der Waals surface area contributed by atoms with Crippen molar-refractivity contribution in [1.29, 1.82) is 0 Å². The first kappa shape index (κ1) is 21.8. The summed E-state index contributed by atoms with van der Waals surface area (Å²) in [6.45, 7) is 0.500. The first-order chi connectivity index (χ1) is 14.3. The van der Waals surface area contributed by atoms with E-state index in [4.69, 9.17) is 10.5 Å². The van der Waals surface area contributed by atoms with Crippen LogP contribution < -0.4 is 15.8 Å². The Morgan fingerprint density at radius 2 is 1.80 bits per heavy atom. The highest BCUT2D eigenvalue weighted by molar-refractivity contribution is 7.89. The predicted octanol–water partition coefficient (Wildman–Crippen LogP) is 1.76. The number of piperidine rings is 1. The Bertz CT molecular complexity index is 1000. The van der Waals surface area contributed by atoms with Gasteiger partial charge in [-0.05, 0) is 54.8 Å². The molecular weight excluding hydrogens is 406 g/mol. The number of methoxy groups -OCH3 is 1. The van der Waals surface area contributed by atoms with Crippen LogP contribution in [0.25, 0.3) is 0 Å². The molecule has 0 bridgehead atoms. The van der Waals surface area contributed by atoms with Crippen LogP contribution in [0.15, 0.2) is 53.4 Å². The van der Waals surface area contributed by atoms with Gasteiger partial charge in [0, 0.05) is 18.8 Å².